The number of rotatable bonds is 17. The zero-order valence-electron chi connectivity index (χ0n) is 62.6. The van der Waals surface area contributed by atoms with Gasteiger partial charge in [0.05, 0.1) is 90.4 Å². The maximum atomic E-state index is 13.7. The molecule has 8 aliphatic rings. The number of hydrogen-bond donors (Lipinski definition) is 7. The van der Waals surface area contributed by atoms with E-state index < -0.39 is 12.2 Å². The first-order chi connectivity index (χ1) is 52.6. The van der Waals surface area contributed by atoms with E-state index in [1.54, 1.807) is 59.1 Å². The van der Waals surface area contributed by atoms with Gasteiger partial charge in [0.2, 0.25) is 0 Å². The molecule has 30 heteroatoms. The van der Waals surface area contributed by atoms with Gasteiger partial charge in [-0.05, 0) is 217 Å². The Morgan fingerprint density at radius 2 is 0.820 bits per heavy atom. The molecule has 7 N–H and O–H groups in total. The quantitative estimate of drug-likeness (QED) is 0.0445. The molecular formula is C81H98N18O9S3. The third-order valence-electron chi connectivity index (χ3n) is 21.5. The van der Waals surface area contributed by atoms with E-state index in [4.69, 9.17) is 34.6 Å². The van der Waals surface area contributed by atoms with Gasteiger partial charge in [0.15, 0.2) is 23.2 Å². The molecule has 6 amide bonds. The number of aliphatic hydroxyl groups is 4. The number of aliphatic hydroxyl groups excluding tert-OH is 4. The van der Waals surface area contributed by atoms with Crippen LogP contribution in [0.2, 0.25) is 0 Å². The summed E-state index contributed by atoms with van der Waals surface area (Å²) in [5.41, 5.74) is 14.0. The summed E-state index contributed by atoms with van der Waals surface area (Å²) in [4.78, 5) is 93.7. The Morgan fingerprint density at radius 3 is 1.17 bits per heavy atom. The van der Waals surface area contributed by atoms with Crippen molar-refractivity contribution in [3.8, 4) is 33.8 Å². The lowest BCUT2D eigenvalue weighted by molar-refractivity contribution is -0.187. The summed E-state index contributed by atoms with van der Waals surface area (Å²) < 4.78 is 12.5. The zero-order chi connectivity index (χ0) is 74.4. The minimum absolute atomic E-state index is 0. The molecule has 7 aliphatic heterocycles. The maximum absolute atomic E-state index is 13.7. The van der Waals surface area contributed by atoms with Crippen molar-refractivity contribution in [2.24, 2.45) is 0 Å². The fourth-order valence-corrected chi connectivity index (χ4v) is 15.9. The van der Waals surface area contributed by atoms with E-state index in [1.165, 1.54) is 19.3 Å². The first-order valence-electron chi connectivity index (χ1n) is 37.7. The average Bonchev–Trinajstić information content (AvgIpc) is 1.67. The average molecular weight is 1560 g/mol. The molecule has 9 aromatic rings. The highest BCUT2D eigenvalue weighted by Crippen LogP contribution is 2.45. The molecule has 1 aliphatic carbocycles. The number of aryl methyl sites for hydroxylation is 6. The van der Waals surface area contributed by atoms with Crippen molar-refractivity contribution in [2.45, 2.75) is 153 Å². The molecule has 0 radical (unpaired) electrons. The normalized spacial score (nSPS) is 18.9. The van der Waals surface area contributed by atoms with Crippen LogP contribution in [0.5, 0.6) is 0 Å². The van der Waals surface area contributed by atoms with Gasteiger partial charge < -0.3 is 44.6 Å². The molecule has 5 fully saturated rings. The van der Waals surface area contributed by atoms with Gasteiger partial charge in [0, 0.05) is 123 Å². The zero-order valence-corrected chi connectivity index (χ0v) is 65.6. The molecule has 16 heterocycles. The Kier molecular flexibility index (Phi) is 26.4. The third kappa shape index (κ3) is 18.6. The second-order valence-corrected chi connectivity index (χ2v) is 29.2. The lowest BCUT2D eigenvalue weighted by atomic mass is 9.94. The summed E-state index contributed by atoms with van der Waals surface area (Å²) in [6, 6.07) is 34.7. The molecule has 17 rings (SSSR count). The molecule has 27 nitrogen and oxygen atoms in total. The molecule has 111 heavy (non-hydrogen) atoms. The van der Waals surface area contributed by atoms with Crippen LogP contribution in [-0.4, -0.2) is 185 Å². The van der Waals surface area contributed by atoms with E-state index in [0.717, 1.165) is 169 Å². The highest BCUT2D eigenvalue weighted by molar-refractivity contribution is 7.59. The van der Waals surface area contributed by atoms with Crippen LogP contribution in [0.25, 0.3) is 33.8 Å². The molecule has 3 unspecified atom stereocenters. The van der Waals surface area contributed by atoms with Gasteiger partial charge in [-0.2, -0.15) is 40.5 Å². The molecular weight excluding hydrogens is 1470 g/mol. The van der Waals surface area contributed by atoms with Crippen LogP contribution in [0, 0.1) is 20.8 Å². The second kappa shape index (κ2) is 36.2. The van der Waals surface area contributed by atoms with E-state index in [9.17, 15) is 24.6 Å². The first-order valence-corrected chi connectivity index (χ1v) is 37.7. The number of nitrogens with one attached hydrogen (secondary N) is 3. The molecule has 1 spiro atoms. The summed E-state index contributed by atoms with van der Waals surface area (Å²) >= 11 is 0. The van der Waals surface area contributed by atoms with Crippen LogP contribution in [-0.2, 0) is 28.7 Å². The molecule has 6 bridgehead atoms. The fraction of sp³-hybridized carbons (Fsp3) is 0.407. The standard InChI is InChI=1S/C31H36N6O3.2C25H28N6O3.3H2S/c1-21-17-23(10-15-32-21)26-7-8-27-29(34-26)37(24-11-16-36(27)19-24)30(38)35-28-18-22(9-14-33-28)5-6-25-20-39-31(40-25)12-3-2-4-13-31;2*1-16-12-18(7-10-26-16)21-4-5-22-24(28-21)31(19-8-11-30(22)14-19)25(34)29-23-13-17(6-9-27-23)2-3-20(33)15-32;;;/h7-10,14-15,17-18,24-25H,2-6,11-13,16,19-20H2,1H3,(H,33,35,38);2*4-7,9-10,12-13,19-20,32-33H,2-3,8,11,14-15H2,1H3,(H,27,29,34);3*1H2/t24-,25?;2*19-,20?;;;/m000.../s1. The predicted octanol–water partition coefficient (Wildman–Crippen LogP) is 11.4. The fourth-order valence-electron chi connectivity index (χ4n) is 15.9. The molecule has 6 atom stereocenters. The summed E-state index contributed by atoms with van der Waals surface area (Å²) in [6.07, 6.45) is 21.0. The number of ether oxygens (including phenoxy) is 2. The van der Waals surface area contributed by atoms with E-state index in [1.807, 2.05) is 117 Å². The van der Waals surface area contributed by atoms with Gasteiger partial charge in [0.25, 0.3) is 0 Å². The van der Waals surface area contributed by atoms with Crippen LogP contribution < -0.4 is 45.3 Å². The number of nitrogens with zero attached hydrogens (tertiary/aromatic N) is 15. The van der Waals surface area contributed by atoms with Crippen molar-refractivity contribution < 1.29 is 44.3 Å². The molecule has 1 saturated carbocycles. The van der Waals surface area contributed by atoms with Crippen molar-refractivity contribution in [2.75, 3.05) is 104 Å². The molecule has 9 aromatic heterocycles. The molecule has 0 aromatic carbocycles. The minimum Gasteiger partial charge on any atom is -0.394 e. The lowest BCUT2D eigenvalue weighted by Gasteiger charge is -2.35. The van der Waals surface area contributed by atoms with Crippen LogP contribution in [0.4, 0.5) is 66.4 Å². The number of pyridine rings is 9. The van der Waals surface area contributed by atoms with E-state index >= 15 is 0 Å². The number of aromatic nitrogens is 9. The Hall–Kier alpha value is -9.63. The Bertz CT molecular complexity index is 4570. The van der Waals surface area contributed by atoms with Crippen molar-refractivity contribution in [1.29, 1.82) is 0 Å². The second-order valence-electron chi connectivity index (χ2n) is 29.2. The van der Waals surface area contributed by atoms with Crippen molar-refractivity contribution in [3.05, 3.63) is 180 Å². The van der Waals surface area contributed by atoms with Gasteiger partial charge in [-0.3, -0.25) is 45.6 Å². The third-order valence-corrected chi connectivity index (χ3v) is 21.5. The highest BCUT2D eigenvalue weighted by atomic mass is 32.1. The Labute approximate surface area is 667 Å². The van der Waals surface area contributed by atoms with Crippen LogP contribution in [0.15, 0.2) is 146 Å². The first kappa shape index (κ1) is 80.9. The van der Waals surface area contributed by atoms with Crippen molar-refractivity contribution >= 4 is 111 Å². The Morgan fingerprint density at radius 1 is 0.468 bits per heavy atom. The number of anilines is 9. The molecule has 584 valence electrons. The molecule has 4 saturated heterocycles. The van der Waals surface area contributed by atoms with Crippen molar-refractivity contribution in [3.63, 3.8) is 0 Å². The minimum atomic E-state index is -0.758. The number of carbonyl (C=O) groups is 3. The highest BCUT2D eigenvalue weighted by Gasteiger charge is 2.45. The smallest absolute Gasteiger partial charge is 0.329 e. The topological polar surface area (TPSA) is 322 Å². The summed E-state index contributed by atoms with van der Waals surface area (Å²) in [5, 5.41) is 46.3. The van der Waals surface area contributed by atoms with E-state index in [0.29, 0.717) is 67.2 Å². The summed E-state index contributed by atoms with van der Waals surface area (Å²) in [7, 11) is 0. The number of carbonyl (C=O) groups excluding carboxylic acids is 3. The SMILES string of the molecule is Cc1cc(-c2ccc3c(n2)N(C(=O)Nc2cc(CCC(O)CO)ccn2)[C@H]2CCN3C2)ccn1.Cc1cc(-c2ccc3c(n2)N(C(=O)Nc2cc(CCC(O)CO)ccn2)[C@H]2CCN3C2)ccn1.Cc1cc(-c2ccc3c(n2)N(C(=O)Nc2cc(CCC4COC5(CCCCC5)O4)ccn2)[C@H]2CCN3C2)ccn1.S.S.S. The van der Waals surface area contributed by atoms with Gasteiger partial charge >= 0.3 is 18.1 Å². The number of fused-ring (bicyclic) bond motifs is 12. The van der Waals surface area contributed by atoms with Gasteiger partial charge in [-0.25, -0.2) is 44.3 Å². The maximum Gasteiger partial charge on any atom is 0.329 e. The van der Waals surface area contributed by atoms with Crippen LogP contribution in [0.3, 0.4) is 0 Å². The Balaban J connectivity index is 0.000000153. The number of hydrogen-bond acceptors (Lipinski definition) is 21. The predicted molar refractivity (Wildman–Crippen MR) is 445 cm³/mol. The van der Waals surface area contributed by atoms with Gasteiger partial charge in [0.1, 0.15) is 17.5 Å². The lowest BCUT2D eigenvalue weighted by Crippen LogP contribution is -2.48. The number of amides is 6. The summed E-state index contributed by atoms with van der Waals surface area (Å²) in [5.74, 6) is 3.11. The van der Waals surface area contributed by atoms with Crippen LogP contribution in [0.1, 0.15) is 104 Å². The number of urea groups is 3. The van der Waals surface area contributed by atoms with Gasteiger partial charge in [-0.15, -0.1) is 0 Å². The monoisotopic (exact) mass is 1560 g/mol. The van der Waals surface area contributed by atoms with E-state index in [2.05, 4.69) is 66.6 Å². The van der Waals surface area contributed by atoms with Crippen LogP contribution >= 0.6 is 40.5 Å². The summed E-state index contributed by atoms with van der Waals surface area (Å²) in [6.45, 7) is 11.0. The van der Waals surface area contributed by atoms with Crippen molar-refractivity contribution in [1.82, 2.24) is 44.9 Å². The van der Waals surface area contributed by atoms with Gasteiger partial charge in [-0.1, -0.05) is 6.42 Å². The van der Waals surface area contributed by atoms with E-state index in [-0.39, 0.29) is 102 Å². The largest absolute Gasteiger partial charge is 0.394 e.